The van der Waals surface area contributed by atoms with Crippen LogP contribution in [-0.4, -0.2) is 28.5 Å². The van der Waals surface area contributed by atoms with Crippen LogP contribution in [0, 0.1) is 5.82 Å². The quantitative estimate of drug-likeness (QED) is 0.861. The molecule has 0 spiro atoms. The van der Waals surface area contributed by atoms with Gasteiger partial charge in [0.25, 0.3) is 0 Å². The molecule has 6 heteroatoms. The van der Waals surface area contributed by atoms with Crippen molar-refractivity contribution in [3.8, 4) is 0 Å². The van der Waals surface area contributed by atoms with Gasteiger partial charge in [-0.25, -0.2) is 4.39 Å². The van der Waals surface area contributed by atoms with E-state index in [-0.39, 0.29) is 23.1 Å². The van der Waals surface area contributed by atoms with E-state index in [0.717, 1.165) is 6.07 Å². The van der Waals surface area contributed by atoms with Crippen molar-refractivity contribution in [1.82, 2.24) is 0 Å². The smallest absolute Gasteiger partial charge is 0.307 e. The van der Waals surface area contributed by atoms with E-state index in [4.69, 9.17) is 5.11 Å². The summed E-state index contributed by atoms with van der Waals surface area (Å²) in [4.78, 5) is 22.0. The lowest BCUT2D eigenvalue weighted by Crippen LogP contribution is -2.22. The number of carbonyl (C=O) groups is 2. The number of thioether (sulfide) groups is 1. The van der Waals surface area contributed by atoms with Gasteiger partial charge in [-0.15, -0.1) is 0 Å². The molecule has 1 rings (SSSR count). The minimum Gasteiger partial charge on any atom is -0.481 e. The lowest BCUT2D eigenvalue weighted by molar-refractivity contribution is -0.136. The van der Waals surface area contributed by atoms with Gasteiger partial charge >= 0.3 is 5.97 Å². The van der Waals surface area contributed by atoms with Crippen LogP contribution in [0.25, 0.3) is 0 Å². The Kier molecular flexibility index (Phi) is 5.15. The molecule has 1 amide bonds. The fourth-order valence-corrected chi connectivity index (χ4v) is 1.56. The third kappa shape index (κ3) is 4.03. The summed E-state index contributed by atoms with van der Waals surface area (Å²) in [7, 11) is 0. The van der Waals surface area contributed by atoms with Gasteiger partial charge in [0, 0.05) is 5.69 Å². The van der Waals surface area contributed by atoms with Crippen LogP contribution in [-0.2, 0) is 16.0 Å². The summed E-state index contributed by atoms with van der Waals surface area (Å²) in [6.45, 7) is 1.75. The Balaban J connectivity index is 2.78. The average molecular weight is 271 g/mol. The van der Waals surface area contributed by atoms with Crippen molar-refractivity contribution < 1.29 is 19.1 Å². The van der Waals surface area contributed by atoms with E-state index in [2.05, 4.69) is 5.32 Å². The molecule has 1 atom stereocenters. The number of halogens is 1. The van der Waals surface area contributed by atoms with E-state index < -0.39 is 11.8 Å². The molecule has 0 bridgehead atoms. The Morgan fingerprint density at radius 1 is 1.50 bits per heavy atom. The Hall–Kier alpha value is -1.56. The first-order chi connectivity index (χ1) is 8.43. The molecule has 18 heavy (non-hydrogen) atoms. The van der Waals surface area contributed by atoms with E-state index in [0.29, 0.717) is 5.69 Å². The highest BCUT2D eigenvalue weighted by molar-refractivity contribution is 7.99. The molecule has 0 fully saturated rings. The molecular formula is C12H14FNO3S. The van der Waals surface area contributed by atoms with E-state index in [1.165, 1.54) is 23.9 Å². The predicted molar refractivity (Wildman–Crippen MR) is 69.3 cm³/mol. The van der Waals surface area contributed by atoms with E-state index >= 15 is 0 Å². The number of nitrogens with one attached hydrogen (secondary N) is 1. The lowest BCUT2D eigenvalue weighted by Gasteiger charge is -2.10. The molecule has 0 saturated heterocycles. The third-order valence-electron chi connectivity index (χ3n) is 2.39. The maximum atomic E-state index is 13.5. The maximum Gasteiger partial charge on any atom is 0.307 e. The molecule has 98 valence electrons. The van der Waals surface area contributed by atoms with Crippen molar-refractivity contribution in [3.05, 3.63) is 29.6 Å². The molecule has 2 N–H and O–H groups in total. The molecule has 0 heterocycles. The monoisotopic (exact) mass is 271 g/mol. The number of anilines is 1. The number of hydrogen-bond donors (Lipinski definition) is 2. The topological polar surface area (TPSA) is 66.4 Å². The molecular weight excluding hydrogens is 257 g/mol. The fourth-order valence-electron chi connectivity index (χ4n) is 1.28. The van der Waals surface area contributed by atoms with E-state index in [1.807, 2.05) is 0 Å². The largest absolute Gasteiger partial charge is 0.481 e. The molecule has 4 nitrogen and oxygen atoms in total. The molecule has 1 aromatic carbocycles. The van der Waals surface area contributed by atoms with E-state index in [9.17, 15) is 14.0 Å². The van der Waals surface area contributed by atoms with E-state index in [1.54, 1.807) is 13.2 Å². The summed E-state index contributed by atoms with van der Waals surface area (Å²) < 4.78 is 13.5. The third-order valence-corrected chi connectivity index (χ3v) is 3.31. The van der Waals surface area contributed by atoms with Crippen molar-refractivity contribution in [2.45, 2.75) is 18.6 Å². The van der Waals surface area contributed by atoms with Crippen molar-refractivity contribution in [2.75, 3.05) is 11.6 Å². The summed E-state index contributed by atoms with van der Waals surface area (Å²) in [5.41, 5.74) is 0.422. The van der Waals surface area contributed by atoms with Crippen molar-refractivity contribution in [3.63, 3.8) is 0 Å². The van der Waals surface area contributed by atoms with Crippen LogP contribution in [0.4, 0.5) is 10.1 Å². The van der Waals surface area contributed by atoms with Crippen LogP contribution < -0.4 is 5.32 Å². The fraction of sp³-hybridized carbons (Fsp3) is 0.333. The lowest BCUT2D eigenvalue weighted by atomic mass is 10.1. The maximum absolute atomic E-state index is 13.5. The van der Waals surface area contributed by atoms with Crippen LogP contribution >= 0.6 is 11.8 Å². The van der Waals surface area contributed by atoms with Gasteiger partial charge in [0.15, 0.2) is 0 Å². The SMILES string of the molecule is CSC(C)C(=O)Nc1ccc(CC(=O)O)c(F)c1. The predicted octanol–water partition coefficient (Wildman–Crippen LogP) is 2.14. The number of rotatable bonds is 5. The molecule has 1 unspecified atom stereocenters. The first-order valence-corrected chi connectivity index (χ1v) is 6.56. The van der Waals surface area contributed by atoms with Gasteiger partial charge in [-0.1, -0.05) is 6.07 Å². The van der Waals surface area contributed by atoms with Gasteiger partial charge in [-0.3, -0.25) is 9.59 Å². The minimum atomic E-state index is -1.10. The molecule has 0 saturated carbocycles. The Morgan fingerprint density at radius 3 is 2.67 bits per heavy atom. The number of amides is 1. The van der Waals surface area contributed by atoms with Gasteiger partial charge in [0.2, 0.25) is 5.91 Å². The van der Waals surface area contributed by atoms with Crippen LogP contribution in [0.5, 0.6) is 0 Å². The van der Waals surface area contributed by atoms with Crippen molar-refractivity contribution in [1.29, 1.82) is 0 Å². The van der Waals surface area contributed by atoms with Crippen LogP contribution in [0.2, 0.25) is 0 Å². The number of hydrogen-bond acceptors (Lipinski definition) is 3. The highest BCUT2D eigenvalue weighted by Crippen LogP contribution is 2.16. The van der Waals surface area contributed by atoms with Gasteiger partial charge in [-0.05, 0) is 30.9 Å². The Bertz CT molecular complexity index is 465. The first-order valence-electron chi connectivity index (χ1n) is 5.28. The van der Waals surface area contributed by atoms with Crippen molar-refractivity contribution >= 4 is 29.3 Å². The molecule has 1 aromatic rings. The Labute approximate surface area is 109 Å². The second-order valence-electron chi connectivity index (χ2n) is 3.74. The summed E-state index contributed by atoms with van der Waals surface area (Å²) in [5.74, 6) is -1.94. The van der Waals surface area contributed by atoms with Crippen LogP contribution in [0.1, 0.15) is 12.5 Å². The molecule has 0 aliphatic heterocycles. The normalized spacial score (nSPS) is 11.9. The summed E-state index contributed by atoms with van der Waals surface area (Å²) in [6, 6.07) is 3.98. The van der Waals surface area contributed by atoms with Gasteiger partial charge < -0.3 is 10.4 Å². The zero-order chi connectivity index (χ0) is 13.7. The Morgan fingerprint density at radius 2 is 2.17 bits per heavy atom. The first kappa shape index (κ1) is 14.5. The molecule has 0 aromatic heterocycles. The summed E-state index contributed by atoms with van der Waals surface area (Å²) >= 11 is 1.38. The van der Waals surface area contributed by atoms with Crippen molar-refractivity contribution in [2.24, 2.45) is 0 Å². The van der Waals surface area contributed by atoms with Crippen LogP contribution in [0.15, 0.2) is 18.2 Å². The van der Waals surface area contributed by atoms with Gasteiger partial charge in [0.05, 0.1) is 11.7 Å². The molecule has 0 aliphatic rings. The van der Waals surface area contributed by atoms with Gasteiger partial charge in [-0.2, -0.15) is 11.8 Å². The average Bonchev–Trinajstić information content (AvgIpc) is 2.31. The second-order valence-corrected chi connectivity index (χ2v) is 4.92. The highest BCUT2D eigenvalue weighted by Gasteiger charge is 2.13. The highest BCUT2D eigenvalue weighted by atomic mass is 32.2. The number of carbonyl (C=O) groups excluding carboxylic acids is 1. The number of carboxylic acids is 1. The summed E-state index contributed by atoms with van der Waals surface area (Å²) in [6.07, 6.45) is 1.43. The summed E-state index contributed by atoms with van der Waals surface area (Å²) in [5, 5.41) is 10.9. The number of aliphatic carboxylic acids is 1. The van der Waals surface area contributed by atoms with Gasteiger partial charge in [0.1, 0.15) is 5.82 Å². The number of carboxylic acid groups (broad SMARTS) is 1. The zero-order valence-electron chi connectivity index (χ0n) is 10.1. The minimum absolute atomic E-state index is 0.0958. The number of benzene rings is 1. The molecule has 0 aliphatic carbocycles. The van der Waals surface area contributed by atoms with Crippen LogP contribution in [0.3, 0.4) is 0 Å². The standard InChI is InChI=1S/C12H14FNO3S/c1-7(18-2)12(17)14-9-4-3-8(5-11(15)16)10(13)6-9/h3-4,6-7H,5H2,1-2H3,(H,14,17)(H,15,16). The zero-order valence-corrected chi connectivity index (χ0v) is 10.9. The molecule has 0 radical (unpaired) electrons. The second kappa shape index (κ2) is 6.39.